The summed E-state index contributed by atoms with van der Waals surface area (Å²) in [4.78, 5) is 8.61. The van der Waals surface area contributed by atoms with Gasteiger partial charge in [-0.25, -0.2) is 14.6 Å². The van der Waals surface area contributed by atoms with Crippen molar-refractivity contribution in [3.05, 3.63) is 35.9 Å². The average Bonchev–Trinajstić information content (AvgIpc) is 3.26. The zero-order valence-electron chi connectivity index (χ0n) is 15.6. The van der Waals surface area contributed by atoms with Crippen LogP contribution < -0.4 is 0 Å². The van der Waals surface area contributed by atoms with Gasteiger partial charge in [0.1, 0.15) is 5.82 Å². The van der Waals surface area contributed by atoms with E-state index in [0.29, 0.717) is 37.2 Å². The SMILES string of the molecule is CCOCCn1nc(CCC(F)(F)F)nc1-c1ccc(-c2n[nH]c(C)n2)cc1. The van der Waals surface area contributed by atoms with Crippen LogP contribution in [-0.4, -0.2) is 49.3 Å². The van der Waals surface area contributed by atoms with Gasteiger partial charge in [0, 0.05) is 24.2 Å². The Hall–Kier alpha value is -2.75. The third-order valence-electron chi connectivity index (χ3n) is 4.00. The molecule has 0 amide bonds. The molecule has 0 bridgehead atoms. The van der Waals surface area contributed by atoms with Gasteiger partial charge in [-0.15, -0.1) is 0 Å². The topological polar surface area (TPSA) is 81.5 Å². The summed E-state index contributed by atoms with van der Waals surface area (Å²) in [6.45, 7) is 5.05. The van der Waals surface area contributed by atoms with E-state index < -0.39 is 12.6 Å². The molecule has 2 heterocycles. The van der Waals surface area contributed by atoms with E-state index in [1.54, 1.807) is 4.68 Å². The highest BCUT2D eigenvalue weighted by atomic mass is 19.4. The maximum absolute atomic E-state index is 12.5. The predicted molar refractivity (Wildman–Crippen MR) is 96.4 cm³/mol. The predicted octanol–water partition coefficient (Wildman–Crippen LogP) is 3.57. The van der Waals surface area contributed by atoms with E-state index >= 15 is 0 Å². The molecule has 0 aliphatic heterocycles. The molecule has 7 nitrogen and oxygen atoms in total. The van der Waals surface area contributed by atoms with Gasteiger partial charge >= 0.3 is 6.18 Å². The summed E-state index contributed by atoms with van der Waals surface area (Å²) in [5.74, 6) is 1.96. The molecule has 3 rings (SSSR count). The fraction of sp³-hybridized carbons (Fsp3) is 0.444. The van der Waals surface area contributed by atoms with Crippen molar-refractivity contribution in [3.63, 3.8) is 0 Å². The van der Waals surface area contributed by atoms with E-state index in [0.717, 1.165) is 11.1 Å². The van der Waals surface area contributed by atoms with Crippen LogP contribution in [0.15, 0.2) is 24.3 Å². The molecule has 0 fully saturated rings. The third-order valence-corrected chi connectivity index (χ3v) is 4.00. The van der Waals surface area contributed by atoms with Gasteiger partial charge in [0.15, 0.2) is 17.5 Å². The minimum Gasteiger partial charge on any atom is -0.380 e. The molecule has 0 spiro atoms. The van der Waals surface area contributed by atoms with Crippen LogP contribution in [0, 0.1) is 6.92 Å². The zero-order valence-corrected chi connectivity index (χ0v) is 15.6. The van der Waals surface area contributed by atoms with E-state index in [1.165, 1.54) is 0 Å². The highest BCUT2D eigenvalue weighted by Crippen LogP contribution is 2.24. The van der Waals surface area contributed by atoms with E-state index in [4.69, 9.17) is 4.74 Å². The van der Waals surface area contributed by atoms with Crippen molar-refractivity contribution in [3.8, 4) is 22.8 Å². The Kier molecular flexibility index (Phi) is 6.08. The van der Waals surface area contributed by atoms with Crippen molar-refractivity contribution in [2.45, 2.75) is 39.4 Å². The highest BCUT2D eigenvalue weighted by Gasteiger charge is 2.27. The standard InChI is InChI=1S/C18H21F3N6O/c1-3-28-11-10-27-17(23-15(26-27)8-9-18(19,20)21)14-6-4-13(5-7-14)16-22-12(2)24-25-16/h4-7H,3,8-11H2,1-2H3,(H,22,24,25). The fourth-order valence-corrected chi connectivity index (χ4v) is 2.65. The van der Waals surface area contributed by atoms with Crippen LogP contribution in [0.3, 0.4) is 0 Å². The van der Waals surface area contributed by atoms with Crippen molar-refractivity contribution >= 4 is 0 Å². The molecule has 1 N–H and O–H groups in total. The van der Waals surface area contributed by atoms with Crippen LogP contribution in [0.2, 0.25) is 0 Å². The molecule has 0 aliphatic rings. The molecule has 10 heteroatoms. The Morgan fingerprint density at radius 3 is 2.43 bits per heavy atom. The molecule has 3 aromatic rings. The minimum absolute atomic E-state index is 0.164. The van der Waals surface area contributed by atoms with Crippen molar-refractivity contribution in [1.82, 2.24) is 29.9 Å². The lowest BCUT2D eigenvalue weighted by Gasteiger charge is -2.06. The maximum atomic E-state index is 12.5. The Balaban J connectivity index is 1.84. The Morgan fingerprint density at radius 1 is 1.11 bits per heavy atom. The number of hydrogen-bond acceptors (Lipinski definition) is 5. The molecule has 1 aromatic carbocycles. The average molecular weight is 394 g/mol. The summed E-state index contributed by atoms with van der Waals surface area (Å²) in [5.41, 5.74) is 1.57. The van der Waals surface area contributed by atoms with Crippen molar-refractivity contribution in [1.29, 1.82) is 0 Å². The number of aromatic amines is 1. The molecule has 150 valence electrons. The molecule has 28 heavy (non-hydrogen) atoms. The number of nitrogens with zero attached hydrogens (tertiary/aromatic N) is 5. The summed E-state index contributed by atoms with van der Waals surface area (Å²) in [6.07, 6.45) is -5.45. The summed E-state index contributed by atoms with van der Waals surface area (Å²) in [7, 11) is 0. The van der Waals surface area contributed by atoms with Crippen LogP contribution >= 0.6 is 0 Å². The Morgan fingerprint density at radius 2 is 1.82 bits per heavy atom. The van der Waals surface area contributed by atoms with E-state index in [9.17, 15) is 13.2 Å². The fourth-order valence-electron chi connectivity index (χ4n) is 2.65. The van der Waals surface area contributed by atoms with Crippen LogP contribution in [-0.2, 0) is 17.7 Å². The Bertz CT molecular complexity index is 901. The maximum Gasteiger partial charge on any atom is 0.389 e. The lowest BCUT2D eigenvalue weighted by atomic mass is 10.1. The highest BCUT2D eigenvalue weighted by molar-refractivity contribution is 5.63. The quantitative estimate of drug-likeness (QED) is 0.591. The molecular weight excluding hydrogens is 373 g/mol. The largest absolute Gasteiger partial charge is 0.389 e. The number of hydrogen-bond donors (Lipinski definition) is 1. The summed E-state index contributed by atoms with van der Waals surface area (Å²) in [5, 5.41) is 11.1. The number of aryl methyl sites for hydroxylation is 2. The lowest BCUT2D eigenvalue weighted by Crippen LogP contribution is -2.11. The molecule has 0 atom stereocenters. The molecule has 0 unspecified atom stereocenters. The van der Waals surface area contributed by atoms with Gasteiger partial charge < -0.3 is 4.74 Å². The summed E-state index contributed by atoms with van der Waals surface area (Å²) in [6, 6.07) is 7.34. The number of nitrogens with one attached hydrogen (secondary N) is 1. The summed E-state index contributed by atoms with van der Waals surface area (Å²) < 4.78 is 44.5. The smallest absolute Gasteiger partial charge is 0.380 e. The van der Waals surface area contributed by atoms with Gasteiger partial charge in [-0.2, -0.15) is 23.4 Å². The Labute approximate surface area is 160 Å². The third kappa shape index (κ3) is 5.16. The van der Waals surface area contributed by atoms with E-state index in [2.05, 4.69) is 25.3 Å². The van der Waals surface area contributed by atoms with Crippen LogP contribution in [0.4, 0.5) is 13.2 Å². The van der Waals surface area contributed by atoms with Crippen molar-refractivity contribution in [2.75, 3.05) is 13.2 Å². The first-order valence-electron chi connectivity index (χ1n) is 8.93. The van der Waals surface area contributed by atoms with Crippen LogP contribution in [0.1, 0.15) is 25.0 Å². The number of rotatable bonds is 8. The monoisotopic (exact) mass is 394 g/mol. The molecular formula is C18H21F3N6O. The van der Waals surface area contributed by atoms with Gasteiger partial charge in [0.05, 0.1) is 19.6 Å². The first kappa shape index (κ1) is 20.0. The van der Waals surface area contributed by atoms with Gasteiger partial charge in [-0.1, -0.05) is 24.3 Å². The molecule has 0 radical (unpaired) electrons. The molecule has 0 saturated carbocycles. The van der Waals surface area contributed by atoms with Gasteiger partial charge in [-0.05, 0) is 13.8 Å². The lowest BCUT2D eigenvalue weighted by molar-refractivity contribution is -0.134. The van der Waals surface area contributed by atoms with Crippen molar-refractivity contribution in [2.24, 2.45) is 0 Å². The number of H-pyrrole nitrogens is 1. The number of aromatic nitrogens is 6. The van der Waals surface area contributed by atoms with E-state index in [-0.39, 0.29) is 12.2 Å². The van der Waals surface area contributed by atoms with Crippen LogP contribution in [0.5, 0.6) is 0 Å². The summed E-state index contributed by atoms with van der Waals surface area (Å²) >= 11 is 0. The second kappa shape index (κ2) is 8.51. The number of ether oxygens (including phenoxy) is 1. The van der Waals surface area contributed by atoms with Gasteiger partial charge in [0.2, 0.25) is 0 Å². The second-order valence-corrected chi connectivity index (χ2v) is 6.21. The zero-order chi connectivity index (χ0) is 20.1. The van der Waals surface area contributed by atoms with Gasteiger partial charge in [0.25, 0.3) is 0 Å². The van der Waals surface area contributed by atoms with Crippen LogP contribution in [0.25, 0.3) is 22.8 Å². The van der Waals surface area contributed by atoms with Gasteiger partial charge in [-0.3, -0.25) is 5.10 Å². The first-order valence-corrected chi connectivity index (χ1v) is 8.93. The molecule has 0 aliphatic carbocycles. The molecule has 0 saturated heterocycles. The number of alkyl halides is 3. The second-order valence-electron chi connectivity index (χ2n) is 6.21. The van der Waals surface area contributed by atoms with E-state index in [1.807, 2.05) is 38.1 Å². The normalized spacial score (nSPS) is 11.9. The minimum atomic E-state index is -4.24. The number of benzene rings is 1. The first-order chi connectivity index (χ1) is 13.4. The van der Waals surface area contributed by atoms with Crippen molar-refractivity contribution < 1.29 is 17.9 Å². The number of halogens is 3. The molecule has 2 aromatic heterocycles.